The number of pyridine rings is 1. The molecule has 0 bridgehead atoms. The zero-order valence-corrected chi connectivity index (χ0v) is 13.4. The van der Waals surface area contributed by atoms with Crippen molar-refractivity contribution in [3.05, 3.63) is 52.8 Å². The molecule has 2 aromatic rings. The van der Waals surface area contributed by atoms with Crippen LogP contribution >= 0.6 is 11.6 Å². The van der Waals surface area contributed by atoms with Crippen molar-refractivity contribution in [3.63, 3.8) is 0 Å². The van der Waals surface area contributed by atoms with Crippen LogP contribution in [0.25, 0.3) is 0 Å². The Morgan fingerprint density at radius 3 is 2.74 bits per heavy atom. The highest BCUT2D eigenvalue weighted by molar-refractivity contribution is 6.34. The molecule has 7 heteroatoms. The minimum Gasteiger partial charge on any atom is -0.496 e. The zero-order chi connectivity index (χ0) is 16.8. The van der Waals surface area contributed by atoms with E-state index in [4.69, 9.17) is 21.1 Å². The largest absolute Gasteiger partial charge is 0.496 e. The molecule has 0 atom stereocenters. The molecule has 1 aromatic heterocycles. The van der Waals surface area contributed by atoms with Crippen molar-refractivity contribution in [1.82, 2.24) is 4.98 Å². The molecule has 0 radical (unpaired) electrons. The molecule has 120 valence electrons. The maximum absolute atomic E-state index is 12.1. The van der Waals surface area contributed by atoms with Gasteiger partial charge in [0, 0.05) is 18.5 Å². The van der Waals surface area contributed by atoms with Crippen molar-refractivity contribution in [2.24, 2.45) is 0 Å². The lowest BCUT2D eigenvalue weighted by Crippen LogP contribution is -2.13. The van der Waals surface area contributed by atoms with Crippen LogP contribution in [0.4, 0.5) is 5.69 Å². The Labute approximate surface area is 138 Å². The molecule has 0 saturated carbocycles. The lowest BCUT2D eigenvalue weighted by molar-refractivity contribution is 0.0522. The molecule has 6 nitrogen and oxygen atoms in total. The Morgan fingerprint density at radius 2 is 2.13 bits per heavy atom. The number of esters is 1. The number of halogens is 1. The van der Waals surface area contributed by atoms with Crippen molar-refractivity contribution in [2.45, 2.75) is 6.92 Å². The van der Waals surface area contributed by atoms with E-state index in [0.717, 1.165) is 0 Å². The normalized spacial score (nSPS) is 10.0. The van der Waals surface area contributed by atoms with Gasteiger partial charge in [-0.2, -0.15) is 0 Å². The number of nitrogens with zero attached hydrogens (tertiary/aromatic N) is 1. The van der Waals surface area contributed by atoms with Crippen LogP contribution < -0.4 is 10.1 Å². The van der Waals surface area contributed by atoms with Gasteiger partial charge in [-0.1, -0.05) is 11.6 Å². The standard InChI is InChI=1S/C16H15ClN2O4/c1-3-23-16(21)11-7-12(17)13(8-14(11)22-2)19-15(20)10-5-4-6-18-9-10/h4-9H,3H2,1-2H3,(H,19,20). The smallest absolute Gasteiger partial charge is 0.341 e. The molecular weight excluding hydrogens is 320 g/mol. The fourth-order valence-electron chi connectivity index (χ4n) is 1.88. The first-order valence-electron chi connectivity index (χ1n) is 6.82. The summed E-state index contributed by atoms with van der Waals surface area (Å²) < 4.78 is 10.1. The molecule has 0 spiro atoms. The van der Waals surface area contributed by atoms with Gasteiger partial charge in [-0.3, -0.25) is 9.78 Å². The van der Waals surface area contributed by atoms with Gasteiger partial charge in [-0.15, -0.1) is 0 Å². The van der Waals surface area contributed by atoms with Gasteiger partial charge in [-0.25, -0.2) is 4.79 Å². The van der Waals surface area contributed by atoms with E-state index in [1.54, 1.807) is 25.3 Å². The number of hydrogen-bond donors (Lipinski definition) is 1. The van der Waals surface area contributed by atoms with Crippen LogP contribution in [-0.4, -0.2) is 30.6 Å². The quantitative estimate of drug-likeness (QED) is 0.850. The highest BCUT2D eigenvalue weighted by Crippen LogP contribution is 2.31. The van der Waals surface area contributed by atoms with Crippen LogP contribution in [0.15, 0.2) is 36.7 Å². The second kappa shape index (κ2) is 7.60. The van der Waals surface area contributed by atoms with Crippen LogP contribution in [0, 0.1) is 0 Å². The summed E-state index contributed by atoms with van der Waals surface area (Å²) in [4.78, 5) is 27.9. The van der Waals surface area contributed by atoms with Gasteiger partial charge >= 0.3 is 5.97 Å². The van der Waals surface area contributed by atoms with E-state index in [1.165, 1.54) is 25.4 Å². The van der Waals surface area contributed by atoms with E-state index in [2.05, 4.69) is 10.3 Å². The molecular formula is C16H15ClN2O4. The van der Waals surface area contributed by atoms with Crippen LogP contribution in [0.1, 0.15) is 27.6 Å². The molecule has 2 rings (SSSR count). The Bertz CT molecular complexity index is 720. The molecule has 0 unspecified atom stereocenters. The number of anilines is 1. The Hall–Kier alpha value is -2.60. The summed E-state index contributed by atoms with van der Waals surface area (Å²) in [5.74, 6) is -0.656. The average molecular weight is 335 g/mol. The maximum atomic E-state index is 12.1. The molecule has 0 aliphatic carbocycles. The number of hydrogen-bond acceptors (Lipinski definition) is 5. The second-order valence-electron chi connectivity index (χ2n) is 4.45. The molecule has 0 fully saturated rings. The van der Waals surface area contributed by atoms with Crippen molar-refractivity contribution < 1.29 is 19.1 Å². The number of nitrogens with one attached hydrogen (secondary N) is 1. The third kappa shape index (κ3) is 3.98. The number of amides is 1. The van der Waals surface area contributed by atoms with E-state index in [0.29, 0.717) is 11.3 Å². The van der Waals surface area contributed by atoms with Crippen LogP contribution in [0.5, 0.6) is 5.75 Å². The van der Waals surface area contributed by atoms with E-state index in [1.807, 2.05) is 0 Å². The predicted octanol–water partition coefficient (Wildman–Crippen LogP) is 3.17. The molecule has 0 aliphatic rings. The van der Waals surface area contributed by atoms with Gasteiger partial charge in [0.15, 0.2) is 0 Å². The molecule has 1 amide bonds. The third-order valence-electron chi connectivity index (χ3n) is 2.96. The van der Waals surface area contributed by atoms with E-state index >= 15 is 0 Å². The highest BCUT2D eigenvalue weighted by atomic mass is 35.5. The first-order valence-corrected chi connectivity index (χ1v) is 7.20. The predicted molar refractivity (Wildman–Crippen MR) is 86.2 cm³/mol. The number of carbonyl (C=O) groups excluding carboxylic acids is 2. The minimum absolute atomic E-state index is 0.193. The summed E-state index contributed by atoms with van der Waals surface area (Å²) in [6.45, 7) is 1.94. The van der Waals surface area contributed by atoms with Crippen LogP contribution in [0.2, 0.25) is 5.02 Å². The Balaban J connectivity index is 2.30. The summed E-state index contributed by atoms with van der Waals surface area (Å²) >= 11 is 6.14. The summed E-state index contributed by atoms with van der Waals surface area (Å²) in [7, 11) is 1.42. The van der Waals surface area contributed by atoms with Crippen molar-refractivity contribution >= 4 is 29.2 Å². The summed E-state index contributed by atoms with van der Waals surface area (Å²) in [6, 6.07) is 6.15. The highest BCUT2D eigenvalue weighted by Gasteiger charge is 2.18. The van der Waals surface area contributed by atoms with E-state index < -0.39 is 5.97 Å². The number of carbonyl (C=O) groups is 2. The molecule has 23 heavy (non-hydrogen) atoms. The zero-order valence-electron chi connectivity index (χ0n) is 12.6. The van der Waals surface area contributed by atoms with Crippen LogP contribution in [0.3, 0.4) is 0 Å². The van der Waals surface area contributed by atoms with Gasteiger partial charge in [0.05, 0.1) is 30.0 Å². The molecule has 1 N–H and O–H groups in total. The first kappa shape index (κ1) is 16.8. The van der Waals surface area contributed by atoms with E-state index in [9.17, 15) is 9.59 Å². The van der Waals surface area contributed by atoms with E-state index in [-0.39, 0.29) is 28.8 Å². The van der Waals surface area contributed by atoms with Crippen LogP contribution in [-0.2, 0) is 4.74 Å². The first-order chi connectivity index (χ1) is 11.1. The summed E-state index contributed by atoms with van der Waals surface area (Å²) in [5, 5.41) is 2.86. The average Bonchev–Trinajstić information content (AvgIpc) is 2.57. The lowest BCUT2D eigenvalue weighted by atomic mass is 10.1. The SMILES string of the molecule is CCOC(=O)c1cc(Cl)c(NC(=O)c2cccnc2)cc1OC. The monoisotopic (exact) mass is 334 g/mol. The lowest BCUT2D eigenvalue weighted by Gasteiger charge is -2.13. The third-order valence-corrected chi connectivity index (χ3v) is 3.27. The fraction of sp³-hybridized carbons (Fsp3) is 0.188. The number of benzene rings is 1. The van der Waals surface area contributed by atoms with Gasteiger partial charge < -0.3 is 14.8 Å². The van der Waals surface area contributed by atoms with Gasteiger partial charge in [0.25, 0.3) is 5.91 Å². The number of aromatic nitrogens is 1. The van der Waals surface area contributed by atoms with Crippen molar-refractivity contribution in [1.29, 1.82) is 0 Å². The van der Waals surface area contributed by atoms with Crippen molar-refractivity contribution in [3.8, 4) is 5.75 Å². The Kier molecular flexibility index (Phi) is 5.54. The Morgan fingerprint density at radius 1 is 1.35 bits per heavy atom. The second-order valence-corrected chi connectivity index (χ2v) is 4.86. The maximum Gasteiger partial charge on any atom is 0.341 e. The van der Waals surface area contributed by atoms with Gasteiger partial charge in [-0.05, 0) is 25.1 Å². The molecule has 0 saturated heterocycles. The summed E-state index contributed by atoms with van der Waals surface area (Å²) in [6.07, 6.45) is 3.01. The molecule has 1 heterocycles. The summed E-state index contributed by atoms with van der Waals surface area (Å²) in [5.41, 5.74) is 0.904. The molecule has 1 aromatic carbocycles. The van der Waals surface area contributed by atoms with Crippen molar-refractivity contribution in [2.75, 3.05) is 19.0 Å². The molecule has 0 aliphatic heterocycles. The number of methoxy groups -OCH3 is 1. The number of ether oxygens (including phenoxy) is 2. The van der Waals surface area contributed by atoms with Gasteiger partial charge in [0.1, 0.15) is 11.3 Å². The fourth-order valence-corrected chi connectivity index (χ4v) is 2.09. The number of rotatable bonds is 5. The topological polar surface area (TPSA) is 77.5 Å². The van der Waals surface area contributed by atoms with Gasteiger partial charge in [0.2, 0.25) is 0 Å². The minimum atomic E-state index is -0.545.